The fourth-order valence-corrected chi connectivity index (χ4v) is 4.42. The fourth-order valence-electron chi connectivity index (χ4n) is 3.18. The summed E-state index contributed by atoms with van der Waals surface area (Å²) < 4.78 is 5.93. The van der Waals surface area contributed by atoms with Crippen LogP contribution in [0.1, 0.15) is 24.5 Å². The highest BCUT2D eigenvalue weighted by Gasteiger charge is 2.09. The number of hydrogen-bond donors (Lipinski definition) is 2. The first-order valence-corrected chi connectivity index (χ1v) is 11.4. The number of hydrogen-bond acceptors (Lipinski definition) is 4. The van der Waals surface area contributed by atoms with Crippen LogP contribution in [0.4, 0.5) is 0 Å². The molecule has 0 aliphatic heterocycles. The van der Waals surface area contributed by atoms with Crippen LogP contribution in [0.15, 0.2) is 82.6 Å². The highest BCUT2D eigenvalue weighted by molar-refractivity contribution is 7.99. The molecule has 1 unspecified atom stereocenters. The van der Waals surface area contributed by atoms with E-state index >= 15 is 0 Å². The molecule has 0 bridgehead atoms. The average Bonchev–Trinajstić information content (AvgIpc) is 2.77. The van der Waals surface area contributed by atoms with E-state index in [1.165, 1.54) is 0 Å². The molecule has 2 N–H and O–H groups in total. The molecule has 0 amide bonds. The zero-order valence-corrected chi connectivity index (χ0v) is 18.8. The third kappa shape index (κ3) is 7.06. The lowest BCUT2D eigenvalue weighted by molar-refractivity contribution is 0.237. The second kappa shape index (κ2) is 12.0. The molecule has 1 atom stereocenters. The smallest absolute Gasteiger partial charge is 0.120 e. The summed E-state index contributed by atoms with van der Waals surface area (Å²) in [6.07, 6.45) is 1.70. The summed E-state index contributed by atoms with van der Waals surface area (Å²) in [6, 6.07) is 24.6. The second-order valence-electron chi connectivity index (χ2n) is 7.08. The molecule has 3 rings (SSSR count). The van der Waals surface area contributed by atoms with Crippen LogP contribution in [0, 0.1) is 0 Å². The van der Waals surface area contributed by atoms with Crippen molar-refractivity contribution in [1.82, 2.24) is 5.32 Å². The Morgan fingerprint density at radius 3 is 2.53 bits per heavy atom. The molecule has 158 valence electrons. The lowest BCUT2D eigenvalue weighted by Gasteiger charge is -2.15. The van der Waals surface area contributed by atoms with E-state index in [9.17, 15) is 5.11 Å². The molecule has 30 heavy (non-hydrogen) atoms. The van der Waals surface area contributed by atoms with Crippen molar-refractivity contribution in [1.29, 1.82) is 0 Å². The van der Waals surface area contributed by atoms with Gasteiger partial charge >= 0.3 is 0 Å². The van der Waals surface area contributed by atoms with Gasteiger partial charge in [0.25, 0.3) is 0 Å². The summed E-state index contributed by atoms with van der Waals surface area (Å²) in [5.41, 5.74) is 2.26. The monoisotopic (exact) mass is 441 g/mol. The predicted octanol–water partition coefficient (Wildman–Crippen LogP) is 5.97. The van der Waals surface area contributed by atoms with E-state index in [2.05, 4.69) is 41.7 Å². The molecule has 0 saturated heterocycles. The van der Waals surface area contributed by atoms with E-state index in [0.29, 0.717) is 6.61 Å². The van der Waals surface area contributed by atoms with Gasteiger partial charge in [0, 0.05) is 20.9 Å². The molecule has 5 heteroatoms. The lowest BCUT2D eigenvalue weighted by Crippen LogP contribution is -2.32. The zero-order valence-electron chi connectivity index (χ0n) is 17.2. The molecule has 0 aliphatic carbocycles. The molecular formula is C25H28ClNO2S. The average molecular weight is 442 g/mol. The number of aryl methyl sites for hydroxylation is 1. The Kier molecular flexibility index (Phi) is 9.09. The minimum absolute atomic E-state index is 0.110. The summed E-state index contributed by atoms with van der Waals surface area (Å²) in [6.45, 7) is 3.59. The minimum Gasteiger partial charge on any atom is -0.489 e. The number of rotatable bonds is 11. The van der Waals surface area contributed by atoms with Crippen molar-refractivity contribution >= 4 is 23.4 Å². The third-order valence-electron chi connectivity index (χ3n) is 4.79. The van der Waals surface area contributed by atoms with E-state index < -0.39 is 0 Å². The standard InChI is InChI=1S/C25H28ClNO2S/c1-2-27-21(17-28)13-11-20-12-14-24(16-25(20)26)30-23-10-6-9-22(15-23)29-18-19-7-4-3-5-8-19/h3-10,12,14-16,21,27-28H,2,11,13,17-18H2,1H3. The van der Waals surface area contributed by atoms with Gasteiger partial charge in [-0.1, -0.05) is 72.8 Å². The Hall–Kier alpha value is -1.98. The molecule has 3 nitrogen and oxygen atoms in total. The van der Waals surface area contributed by atoms with Gasteiger partial charge in [-0.2, -0.15) is 0 Å². The van der Waals surface area contributed by atoms with E-state index in [1.807, 2.05) is 43.3 Å². The summed E-state index contributed by atoms with van der Waals surface area (Å²) in [7, 11) is 0. The molecule has 0 aromatic heterocycles. The quantitative estimate of drug-likeness (QED) is 0.384. The maximum Gasteiger partial charge on any atom is 0.120 e. The van der Waals surface area contributed by atoms with E-state index in [-0.39, 0.29) is 12.6 Å². The van der Waals surface area contributed by atoms with Gasteiger partial charge in [-0.15, -0.1) is 0 Å². The van der Waals surface area contributed by atoms with Gasteiger partial charge in [0.15, 0.2) is 0 Å². The highest BCUT2D eigenvalue weighted by atomic mass is 35.5. The molecule has 3 aromatic carbocycles. The van der Waals surface area contributed by atoms with Crippen LogP contribution in [-0.2, 0) is 13.0 Å². The number of ether oxygens (including phenoxy) is 1. The predicted molar refractivity (Wildman–Crippen MR) is 126 cm³/mol. The van der Waals surface area contributed by atoms with Gasteiger partial charge in [0.1, 0.15) is 12.4 Å². The van der Waals surface area contributed by atoms with Crippen molar-refractivity contribution in [2.24, 2.45) is 0 Å². The Labute approximate surface area is 188 Å². The Morgan fingerprint density at radius 1 is 1.00 bits per heavy atom. The summed E-state index contributed by atoms with van der Waals surface area (Å²) in [5, 5.41) is 13.5. The first-order valence-electron chi connectivity index (χ1n) is 10.2. The number of aliphatic hydroxyl groups is 1. The van der Waals surface area contributed by atoms with Crippen molar-refractivity contribution in [2.75, 3.05) is 13.2 Å². The minimum atomic E-state index is 0.110. The highest BCUT2D eigenvalue weighted by Crippen LogP contribution is 2.33. The van der Waals surface area contributed by atoms with Crippen LogP contribution in [0.25, 0.3) is 0 Å². The van der Waals surface area contributed by atoms with Crippen molar-refractivity contribution in [3.63, 3.8) is 0 Å². The van der Waals surface area contributed by atoms with Crippen LogP contribution in [-0.4, -0.2) is 24.3 Å². The van der Waals surface area contributed by atoms with Gasteiger partial charge in [0.2, 0.25) is 0 Å². The van der Waals surface area contributed by atoms with Crippen LogP contribution >= 0.6 is 23.4 Å². The van der Waals surface area contributed by atoms with Crippen molar-refractivity contribution in [3.8, 4) is 5.75 Å². The van der Waals surface area contributed by atoms with Gasteiger partial charge in [-0.3, -0.25) is 0 Å². The first kappa shape index (κ1) is 22.7. The number of halogens is 1. The van der Waals surface area contributed by atoms with Crippen molar-refractivity contribution in [3.05, 3.63) is 88.9 Å². The molecule has 0 heterocycles. The third-order valence-corrected chi connectivity index (χ3v) is 6.12. The molecule has 0 fully saturated rings. The van der Waals surface area contributed by atoms with Gasteiger partial charge in [-0.25, -0.2) is 0 Å². The van der Waals surface area contributed by atoms with Crippen LogP contribution in [0.5, 0.6) is 5.75 Å². The van der Waals surface area contributed by atoms with Crippen molar-refractivity contribution in [2.45, 2.75) is 42.2 Å². The largest absolute Gasteiger partial charge is 0.489 e. The molecular weight excluding hydrogens is 414 g/mol. The van der Waals surface area contributed by atoms with E-state index in [1.54, 1.807) is 11.8 Å². The topological polar surface area (TPSA) is 41.5 Å². The summed E-state index contributed by atoms with van der Waals surface area (Å²) >= 11 is 8.19. The van der Waals surface area contributed by atoms with Crippen LogP contribution in [0.2, 0.25) is 5.02 Å². The van der Waals surface area contributed by atoms with Gasteiger partial charge < -0.3 is 15.2 Å². The van der Waals surface area contributed by atoms with E-state index in [4.69, 9.17) is 16.3 Å². The normalized spacial score (nSPS) is 12.0. The summed E-state index contributed by atoms with van der Waals surface area (Å²) in [4.78, 5) is 2.20. The second-order valence-corrected chi connectivity index (χ2v) is 8.63. The maximum atomic E-state index is 9.43. The number of nitrogens with one attached hydrogen (secondary N) is 1. The Bertz CT molecular complexity index is 920. The summed E-state index contributed by atoms with van der Waals surface area (Å²) in [5.74, 6) is 0.852. The first-order chi connectivity index (χ1) is 14.7. The number of aliphatic hydroxyl groups excluding tert-OH is 1. The Morgan fingerprint density at radius 2 is 1.80 bits per heavy atom. The lowest BCUT2D eigenvalue weighted by atomic mass is 10.1. The molecule has 0 aliphatic rings. The SMILES string of the molecule is CCNC(CO)CCc1ccc(Sc2cccc(OCc3ccccc3)c2)cc1Cl. The molecule has 0 saturated carbocycles. The number of likely N-dealkylation sites (N-methyl/N-ethyl adjacent to an activating group) is 1. The fraction of sp³-hybridized carbons (Fsp3) is 0.280. The van der Waals surface area contributed by atoms with Gasteiger partial charge in [-0.05, 0) is 60.8 Å². The maximum absolute atomic E-state index is 9.43. The molecule has 0 radical (unpaired) electrons. The van der Waals surface area contributed by atoms with E-state index in [0.717, 1.165) is 51.1 Å². The van der Waals surface area contributed by atoms with Gasteiger partial charge in [0.05, 0.1) is 6.61 Å². The molecule has 3 aromatic rings. The van der Waals surface area contributed by atoms with Crippen molar-refractivity contribution < 1.29 is 9.84 Å². The van der Waals surface area contributed by atoms with Crippen LogP contribution < -0.4 is 10.1 Å². The Balaban J connectivity index is 1.58. The zero-order chi connectivity index (χ0) is 21.2. The number of benzene rings is 3. The molecule has 0 spiro atoms. The van der Waals surface area contributed by atoms with Crippen LogP contribution in [0.3, 0.4) is 0 Å².